The molecule has 1 aromatic rings. The molecule has 0 radical (unpaired) electrons. The molecular formula is C22H39BrN2O6S2. The number of rotatable bonds is 15. The van der Waals surface area contributed by atoms with Gasteiger partial charge < -0.3 is 10.0 Å². The molecule has 0 aliphatic heterocycles. The highest BCUT2D eigenvalue weighted by atomic mass is 79.9. The predicted molar refractivity (Wildman–Crippen MR) is 140 cm³/mol. The summed E-state index contributed by atoms with van der Waals surface area (Å²) in [6.45, 7) is 8.36. The summed E-state index contributed by atoms with van der Waals surface area (Å²) in [4.78, 5) is 15.0. The second-order valence-electron chi connectivity index (χ2n) is 8.27. The summed E-state index contributed by atoms with van der Waals surface area (Å²) in [7, 11) is -6.42. The zero-order chi connectivity index (χ0) is 24.5. The number of anilines is 1. The Balaban J connectivity index is 0.0000102. The van der Waals surface area contributed by atoms with Crippen molar-refractivity contribution in [2.45, 2.75) is 46.1 Å². The van der Waals surface area contributed by atoms with Crippen molar-refractivity contribution >= 4 is 48.3 Å². The molecule has 192 valence electrons. The molecule has 1 N–H and O–H groups in total. The molecule has 0 spiro atoms. The lowest BCUT2D eigenvalue weighted by molar-refractivity contribution is -0.137. The molecule has 1 unspecified atom stereocenters. The van der Waals surface area contributed by atoms with Crippen molar-refractivity contribution in [2.75, 3.05) is 55.1 Å². The fourth-order valence-corrected chi connectivity index (χ4v) is 4.82. The van der Waals surface area contributed by atoms with Crippen molar-refractivity contribution in [3.63, 3.8) is 0 Å². The van der Waals surface area contributed by atoms with E-state index in [-0.39, 0.29) is 54.0 Å². The third-order valence-corrected chi connectivity index (χ3v) is 7.45. The fraction of sp³-hybridized carbons (Fsp3) is 0.682. The molecule has 0 saturated carbocycles. The normalized spacial score (nSPS) is 12.9. The molecular weight excluding hydrogens is 532 g/mol. The molecule has 0 saturated heterocycles. The van der Waals surface area contributed by atoms with E-state index in [4.69, 9.17) is 5.11 Å². The molecule has 0 heterocycles. The molecule has 0 bridgehead atoms. The highest BCUT2D eigenvalue weighted by Crippen LogP contribution is 2.29. The number of carboxylic acids is 1. The number of carboxylic acid groups (broad SMARTS) is 1. The van der Waals surface area contributed by atoms with Crippen LogP contribution < -0.4 is 4.90 Å². The Morgan fingerprint density at radius 1 is 1.00 bits per heavy atom. The van der Waals surface area contributed by atoms with Crippen LogP contribution in [0.1, 0.15) is 50.8 Å². The van der Waals surface area contributed by atoms with Crippen LogP contribution in [-0.4, -0.2) is 83.0 Å². The third kappa shape index (κ3) is 12.2. The highest BCUT2D eigenvalue weighted by molar-refractivity contribution is 8.93. The maximum absolute atomic E-state index is 11.7. The van der Waals surface area contributed by atoms with E-state index in [1.165, 1.54) is 12.5 Å². The Morgan fingerprint density at radius 2 is 1.52 bits per heavy atom. The first-order valence-electron chi connectivity index (χ1n) is 11.0. The summed E-state index contributed by atoms with van der Waals surface area (Å²) < 4.78 is 47.0. The van der Waals surface area contributed by atoms with Gasteiger partial charge in [0.2, 0.25) is 0 Å². The SMILES string of the molecule is Br.CCN(CC)C(C)c1cc(N(CCS(C)(=O)=O)CCS(C)(=O)=O)ccc1CCCC(=O)O. The first-order valence-corrected chi connectivity index (χ1v) is 15.1. The number of nitrogens with zero attached hydrogens (tertiary/aromatic N) is 2. The second-order valence-corrected chi connectivity index (χ2v) is 12.8. The van der Waals surface area contributed by atoms with Crippen molar-refractivity contribution in [3.05, 3.63) is 29.3 Å². The number of benzene rings is 1. The monoisotopic (exact) mass is 570 g/mol. The average molecular weight is 572 g/mol. The molecule has 8 nitrogen and oxygen atoms in total. The molecule has 1 atom stereocenters. The molecule has 0 aromatic heterocycles. The van der Waals surface area contributed by atoms with Crippen molar-refractivity contribution < 1.29 is 26.7 Å². The topological polar surface area (TPSA) is 112 Å². The quantitative estimate of drug-likeness (QED) is 0.342. The summed E-state index contributed by atoms with van der Waals surface area (Å²) in [6.07, 6.45) is 3.58. The number of sulfone groups is 2. The lowest BCUT2D eigenvalue weighted by Gasteiger charge is -2.31. The van der Waals surface area contributed by atoms with E-state index in [0.29, 0.717) is 12.8 Å². The largest absolute Gasteiger partial charge is 0.481 e. The van der Waals surface area contributed by atoms with Crippen LogP contribution in [0.3, 0.4) is 0 Å². The van der Waals surface area contributed by atoms with E-state index in [9.17, 15) is 21.6 Å². The Labute approximate surface area is 210 Å². The van der Waals surface area contributed by atoms with E-state index in [0.717, 1.165) is 29.9 Å². The van der Waals surface area contributed by atoms with Gasteiger partial charge in [-0.2, -0.15) is 0 Å². The van der Waals surface area contributed by atoms with Gasteiger partial charge in [-0.25, -0.2) is 16.8 Å². The Bertz CT molecular complexity index is 927. The van der Waals surface area contributed by atoms with E-state index in [2.05, 4.69) is 25.7 Å². The summed E-state index contributed by atoms with van der Waals surface area (Å²) in [5.41, 5.74) is 2.88. The lowest BCUT2D eigenvalue weighted by Crippen LogP contribution is -2.34. The van der Waals surface area contributed by atoms with Crippen molar-refractivity contribution in [1.82, 2.24) is 4.90 Å². The minimum absolute atomic E-state index is 0. The van der Waals surface area contributed by atoms with Gasteiger partial charge in [0.15, 0.2) is 0 Å². The number of hydrogen-bond acceptors (Lipinski definition) is 7. The van der Waals surface area contributed by atoms with Gasteiger partial charge in [-0.15, -0.1) is 17.0 Å². The van der Waals surface area contributed by atoms with Crippen molar-refractivity contribution in [3.8, 4) is 0 Å². The van der Waals surface area contributed by atoms with E-state index < -0.39 is 25.6 Å². The number of hydrogen-bond donors (Lipinski definition) is 1. The van der Waals surface area contributed by atoms with Gasteiger partial charge in [-0.05, 0) is 56.1 Å². The standard InChI is InChI=1S/C22H38N2O6S2.BrH/c1-6-23(7-2)18(3)21-17-20(12-11-19(21)9-8-10-22(25)26)24(13-15-31(4,27)28)14-16-32(5,29)30;/h11-12,17-18H,6-10,13-16H2,1-5H3,(H,25,26);1H. The van der Waals surface area contributed by atoms with E-state index >= 15 is 0 Å². The van der Waals surface area contributed by atoms with Crippen LogP contribution in [0.15, 0.2) is 18.2 Å². The minimum Gasteiger partial charge on any atom is -0.481 e. The van der Waals surface area contributed by atoms with Crippen LogP contribution >= 0.6 is 17.0 Å². The molecule has 0 fully saturated rings. The number of aryl methyl sites for hydroxylation is 1. The lowest BCUT2D eigenvalue weighted by atomic mass is 9.95. The predicted octanol–water partition coefficient (Wildman–Crippen LogP) is 2.97. The number of aliphatic carboxylic acids is 1. The number of halogens is 1. The van der Waals surface area contributed by atoms with Crippen molar-refractivity contribution in [2.24, 2.45) is 0 Å². The van der Waals surface area contributed by atoms with Crippen LogP contribution in [0.4, 0.5) is 5.69 Å². The summed E-state index contributed by atoms with van der Waals surface area (Å²) in [6, 6.07) is 5.92. The fourth-order valence-electron chi connectivity index (χ4n) is 3.72. The van der Waals surface area contributed by atoms with Gasteiger partial charge in [-0.1, -0.05) is 19.9 Å². The molecule has 1 aromatic carbocycles. The zero-order valence-corrected chi connectivity index (χ0v) is 23.6. The second kappa shape index (κ2) is 14.3. The van der Waals surface area contributed by atoms with Crippen LogP contribution in [0.25, 0.3) is 0 Å². The summed E-state index contributed by atoms with van der Waals surface area (Å²) in [5, 5.41) is 8.99. The Morgan fingerprint density at radius 3 is 1.94 bits per heavy atom. The first kappa shape index (κ1) is 31.8. The average Bonchev–Trinajstić information content (AvgIpc) is 2.67. The van der Waals surface area contributed by atoms with Crippen LogP contribution in [0, 0.1) is 0 Å². The van der Waals surface area contributed by atoms with Gasteiger partial charge in [0.1, 0.15) is 19.7 Å². The Hall–Kier alpha value is -1.17. The summed E-state index contributed by atoms with van der Waals surface area (Å²) >= 11 is 0. The van der Waals surface area contributed by atoms with Gasteiger partial charge in [0.05, 0.1) is 11.5 Å². The van der Waals surface area contributed by atoms with Gasteiger partial charge >= 0.3 is 5.97 Å². The first-order chi connectivity index (χ1) is 14.8. The van der Waals surface area contributed by atoms with Crippen LogP contribution in [-0.2, 0) is 30.9 Å². The highest BCUT2D eigenvalue weighted by Gasteiger charge is 2.20. The van der Waals surface area contributed by atoms with Crippen LogP contribution in [0.5, 0.6) is 0 Å². The maximum atomic E-state index is 11.7. The zero-order valence-electron chi connectivity index (χ0n) is 20.3. The molecule has 0 aliphatic carbocycles. The van der Waals surface area contributed by atoms with Gasteiger partial charge in [0, 0.05) is 43.8 Å². The maximum Gasteiger partial charge on any atom is 0.303 e. The molecule has 1 rings (SSSR count). The van der Waals surface area contributed by atoms with Gasteiger partial charge in [0.25, 0.3) is 0 Å². The molecule has 33 heavy (non-hydrogen) atoms. The van der Waals surface area contributed by atoms with E-state index in [1.807, 2.05) is 23.1 Å². The van der Waals surface area contributed by atoms with E-state index in [1.54, 1.807) is 0 Å². The number of carbonyl (C=O) groups is 1. The molecule has 0 amide bonds. The third-order valence-electron chi connectivity index (χ3n) is 5.61. The smallest absolute Gasteiger partial charge is 0.303 e. The van der Waals surface area contributed by atoms with Crippen molar-refractivity contribution in [1.29, 1.82) is 0 Å². The Kier molecular flexibility index (Phi) is 13.8. The summed E-state index contributed by atoms with van der Waals surface area (Å²) in [5.74, 6) is -0.969. The minimum atomic E-state index is -3.21. The molecule has 0 aliphatic rings. The van der Waals surface area contributed by atoms with Crippen LogP contribution in [0.2, 0.25) is 0 Å². The molecule has 11 heteroatoms. The van der Waals surface area contributed by atoms with Gasteiger partial charge in [-0.3, -0.25) is 9.69 Å².